The molecule has 0 radical (unpaired) electrons. The molecular weight excluding hydrogens is 443 g/mol. The van der Waals surface area contributed by atoms with Gasteiger partial charge in [0.15, 0.2) is 0 Å². The van der Waals surface area contributed by atoms with Gasteiger partial charge in [0.2, 0.25) is 0 Å². The summed E-state index contributed by atoms with van der Waals surface area (Å²) in [5.41, 5.74) is 6.18. The average Bonchev–Trinajstić information content (AvgIpc) is 3.36. The first-order valence-corrected chi connectivity index (χ1v) is 11.1. The molecule has 0 bridgehead atoms. The molecule has 32 heavy (non-hydrogen) atoms. The molecule has 0 spiro atoms. The highest BCUT2D eigenvalue weighted by atomic mass is 35.5. The lowest BCUT2D eigenvalue weighted by atomic mass is 10.1. The Morgan fingerprint density at radius 2 is 1.88 bits per heavy atom. The van der Waals surface area contributed by atoms with E-state index in [2.05, 4.69) is 11.4 Å². The molecule has 0 aliphatic heterocycles. The van der Waals surface area contributed by atoms with Crippen LogP contribution in [0.15, 0.2) is 60.8 Å². The van der Waals surface area contributed by atoms with Crippen LogP contribution in [0.25, 0.3) is 17.1 Å². The van der Waals surface area contributed by atoms with Crippen LogP contribution >= 0.6 is 23.2 Å². The number of aryl methyl sites for hydroxylation is 3. The van der Waals surface area contributed by atoms with E-state index >= 15 is 0 Å². The number of nitrogens with one attached hydrogen (secondary N) is 1. The van der Waals surface area contributed by atoms with Crippen molar-refractivity contribution in [3.63, 3.8) is 0 Å². The number of hydrogen-bond acceptors (Lipinski definition) is 2. The van der Waals surface area contributed by atoms with Gasteiger partial charge in [-0.1, -0.05) is 47.0 Å². The van der Waals surface area contributed by atoms with Crippen molar-refractivity contribution in [3.8, 4) is 17.1 Å². The summed E-state index contributed by atoms with van der Waals surface area (Å²) >= 11 is 12.2. The third kappa shape index (κ3) is 4.59. The fraction of sp³-hybridized carbons (Fsp3) is 0.200. The first kappa shape index (κ1) is 22.2. The van der Waals surface area contributed by atoms with Gasteiger partial charge in [0, 0.05) is 29.8 Å². The van der Waals surface area contributed by atoms with Crippen LogP contribution in [0.2, 0.25) is 10.0 Å². The van der Waals surface area contributed by atoms with Crippen LogP contribution in [0.3, 0.4) is 0 Å². The van der Waals surface area contributed by atoms with Crippen LogP contribution in [0, 0.1) is 13.8 Å². The van der Waals surface area contributed by atoms with Gasteiger partial charge in [-0.05, 0) is 67.8 Å². The summed E-state index contributed by atoms with van der Waals surface area (Å²) in [6.07, 6.45) is 2.56. The minimum Gasteiger partial charge on any atom is -0.350 e. The number of carbonyl (C=O) groups excluding carboxylic acids is 1. The second-order valence-electron chi connectivity index (χ2n) is 7.86. The molecule has 2 aromatic carbocycles. The second-order valence-corrected chi connectivity index (χ2v) is 8.71. The zero-order valence-corrected chi connectivity index (χ0v) is 19.7. The summed E-state index contributed by atoms with van der Waals surface area (Å²) < 4.78 is 3.71. The third-order valence-corrected chi connectivity index (χ3v) is 6.01. The Balaban J connectivity index is 1.63. The maximum Gasteiger partial charge on any atom is 0.270 e. The van der Waals surface area contributed by atoms with E-state index < -0.39 is 0 Å². The van der Waals surface area contributed by atoms with E-state index in [-0.39, 0.29) is 5.91 Å². The molecule has 0 aliphatic carbocycles. The van der Waals surface area contributed by atoms with Gasteiger partial charge < -0.3 is 9.88 Å². The maximum atomic E-state index is 13.2. The summed E-state index contributed by atoms with van der Waals surface area (Å²) in [4.78, 5) is 13.2. The maximum absolute atomic E-state index is 13.2. The molecule has 4 rings (SSSR count). The lowest BCUT2D eigenvalue weighted by molar-refractivity contribution is 0.0946. The molecule has 1 amide bonds. The molecule has 0 aliphatic rings. The fourth-order valence-corrected chi connectivity index (χ4v) is 4.25. The van der Waals surface area contributed by atoms with Gasteiger partial charge in [0.1, 0.15) is 11.4 Å². The van der Waals surface area contributed by atoms with Crippen molar-refractivity contribution in [1.29, 1.82) is 0 Å². The Morgan fingerprint density at radius 1 is 1.06 bits per heavy atom. The van der Waals surface area contributed by atoms with Crippen LogP contribution in [-0.2, 0) is 13.5 Å². The number of halogens is 2. The highest BCUT2D eigenvalue weighted by Gasteiger charge is 2.19. The Hall–Kier alpha value is -3.02. The van der Waals surface area contributed by atoms with Crippen LogP contribution < -0.4 is 5.32 Å². The van der Waals surface area contributed by atoms with Crippen molar-refractivity contribution < 1.29 is 4.79 Å². The number of amides is 1. The summed E-state index contributed by atoms with van der Waals surface area (Å²) in [6.45, 7) is 4.51. The number of nitrogens with zero attached hydrogens (tertiary/aromatic N) is 3. The molecule has 2 heterocycles. The predicted molar refractivity (Wildman–Crippen MR) is 130 cm³/mol. The zero-order chi connectivity index (χ0) is 22.8. The lowest BCUT2D eigenvalue weighted by Crippen LogP contribution is -2.28. The Kier molecular flexibility index (Phi) is 6.40. The molecule has 0 fully saturated rings. The Morgan fingerprint density at radius 3 is 2.56 bits per heavy atom. The van der Waals surface area contributed by atoms with Gasteiger partial charge in [-0.15, -0.1) is 0 Å². The van der Waals surface area contributed by atoms with E-state index in [1.54, 1.807) is 16.8 Å². The minimum absolute atomic E-state index is 0.192. The standard InChI is InChI=1S/C25H24Cl2N4O/c1-16-6-9-22(17(2)13-16)31-24(15-21(29-31)23-5-4-12-30(23)3)25(32)28-11-10-18-7-8-19(26)14-20(18)27/h4-9,12-15H,10-11H2,1-3H3,(H,28,32). The van der Waals surface area contributed by atoms with Gasteiger partial charge in [0.25, 0.3) is 5.91 Å². The molecule has 2 aromatic heterocycles. The minimum atomic E-state index is -0.192. The zero-order valence-electron chi connectivity index (χ0n) is 18.2. The average molecular weight is 467 g/mol. The third-order valence-electron chi connectivity index (χ3n) is 5.42. The monoisotopic (exact) mass is 466 g/mol. The summed E-state index contributed by atoms with van der Waals surface area (Å²) in [7, 11) is 1.96. The van der Waals surface area contributed by atoms with Crippen molar-refractivity contribution in [2.45, 2.75) is 20.3 Å². The molecule has 4 aromatic rings. The first-order valence-electron chi connectivity index (χ1n) is 10.3. The van der Waals surface area contributed by atoms with Gasteiger partial charge >= 0.3 is 0 Å². The van der Waals surface area contributed by atoms with E-state index in [1.807, 2.05) is 68.1 Å². The van der Waals surface area contributed by atoms with Crippen molar-refractivity contribution in [2.24, 2.45) is 7.05 Å². The van der Waals surface area contributed by atoms with Crippen LogP contribution in [0.1, 0.15) is 27.2 Å². The molecule has 5 nitrogen and oxygen atoms in total. The van der Waals surface area contributed by atoms with Gasteiger partial charge in [0.05, 0.1) is 11.4 Å². The smallest absolute Gasteiger partial charge is 0.270 e. The van der Waals surface area contributed by atoms with Crippen LogP contribution in [-0.4, -0.2) is 26.8 Å². The number of benzene rings is 2. The van der Waals surface area contributed by atoms with E-state index in [0.29, 0.717) is 28.7 Å². The van der Waals surface area contributed by atoms with Crippen molar-refractivity contribution in [1.82, 2.24) is 19.7 Å². The molecule has 164 valence electrons. The first-order chi connectivity index (χ1) is 15.3. The Labute approximate surface area is 197 Å². The van der Waals surface area contributed by atoms with Crippen molar-refractivity contribution in [2.75, 3.05) is 6.54 Å². The van der Waals surface area contributed by atoms with E-state index in [1.165, 1.54) is 0 Å². The number of rotatable bonds is 6. The topological polar surface area (TPSA) is 51.9 Å². The van der Waals surface area contributed by atoms with Gasteiger partial charge in [-0.3, -0.25) is 4.79 Å². The molecular formula is C25H24Cl2N4O. The largest absolute Gasteiger partial charge is 0.350 e. The summed E-state index contributed by atoms with van der Waals surface area (Å²) in [6, 6.07) is 17.3. The highest BCUT2D eigenvalue weighted by Crippen LogP contribution is 2.24. The van der Waals surface area contributed by atoms with Gasteiger partial charge in [-0.2, -0.15) is 5.10 Å². The molecule has 7 heteroatoms. The van der Waals surface area contributed by atoms with Crippen LogP contribution in [0.4, 0.5) is 0 Å². The second kappa shape index (κ2) is 9.23. The molecule has 0 saturated carbocycles. The molecule has 1 N–H and O–H groups in total. The molecule has 0 unspecified atom stereocenters. The van der Waals surface area contributed by atoms with E-state index in [4.69, 9.17) is 28.3 Å². The number of hydrogen-bond donors (Lipinski definition) is 1. The SMILES string of the molecule is Cc1ccc(-n2nc(-c3cccn3C)cc2C(=O)NCCc2ccc(Cl)cc2Cl)c(C)c1. The fourth-order valence-electron chi connectivity index (χ4n) is 3.75. The molecule has 0 saturated heterocycles. The van der Waals surface area contributed by atoms with E-state index in [0.717, 1.165) is 33.8 Å². The normalized spacial score (nSPS) is 11.0. The quantitative estimate of drug-likeness (QED) is 0.391. The number of carbonyl (C=O) groups is 1. The molecule has 0 atom stereocenters. The summed E-state index contributed by atoms with van der Waals surface area (Å²) in [5, 5.41) is 8.98. The highest BCUT2D eigenvalue weighted by molar-refractivity contribution is 6.35. The lowest BCUT2D eigenvalue weighted by Gasteiger charge is -2.11. The Bertz CT molecular complexity index is 1290. The van der Waals surface area contributed by atoms with E-state index in [9.17, 15) is 4.79 Å². The van der Waals surface area contributed by atoms with Crippen molar-refractivity contribution in [3.05, 3.63) is 93.2 Å². The summed E-state index contributed by atoms with van der Waals surface area (Å²) in [5.74, 6) is -0.192. The van der Waals surface area contributed by atoms with Crippen LogP contribution in [0.5, 0.6) is 0 Å². The van der Waals surface area contributed by atoms with Gasteiger partial charge in [-0.25, -0.2) is 4.68 Å². The predicted octanol–water partition coefficient (Wildman–Crippen LogP) is 5.77. The number of aromatic nitrogens is 3. The van der Waals surface area contributed by atoms with Crippen molar-refractivity contribution >= 4 is 29.1 Å².